The van der Waals surface area contributed by atoms with Crippen LogP contribution in [-0.4, -0.2) is 12.1 Å². The summed E-state index contributed by atoms with van der Waals surface area (Å²) in [5.41, 5.74) is 0.278. The summed E-state index contributed by atoms with van der Waals surface area (Å²) in [5, 5.41) is 0.370. The maximum atomic E-state index is 13.2. The number of benzene rings is 2. The maximum absolute atomic E-state index is 13.2. The van der Waals surface area contributed by atoms with Gasteiger partial charge in [-0.05, 0) is 42.0 Å². The molecule has 2 nitrogen and oxygen atoms in total. The first-order chi connectivity index (χ1) is 11.9. The van der Waals surface area contributed by atoms with E-state index in [1.807, 2.05) is 0 Å². The summed E-state index contributed by atoms with van der Waals surface area (Å²) >= 11 is 0. The van der Waals surface area contributed by atoms with E-state index in [0.29, 0.717) is 22.4 Å². The summed E-state index contributed by atoms with van der Waals surface area (Å²) in [6, 6.07) is 10.2. The van der Waals surface area contributed by atoms with E-state index >= 15 is 0 Å². The van der Waals surface area contributed by atoms with E-state index in [9.17, 15) is 17.6 Å². The molecule has 0 fully saturated rings. The van der Waals surface area contributed by atoms with Crippen LogP contribution in [0.5, 0.6) is 5.75 Å². The van der Waals surface area contributed by atoms with E-state index in [0.717, 1.165) is 6.20 Å². The van der Waals surface area contributed by atoms with E-state index in [1.54, 1.807) is 36.4 Å². The number of aromatic nitrogens is 1. The van der Waals surface area contributed by atoms with Crippen molar-refractivity contribution in [3.05, 3.63) is 71.3 Å². The molecule has 128 valence electrons. The molecule has 0 aliphatic heterocycles. The van der Waals surface area contributed by atoms with Gasteiger partial charge in [-0.2, -0.15) is 13.2 Å². The molecule has 0 bridgehead atoms. The van der Waals surface area contributed by atoms with Crippen molar-refractivity contribution < 1.29 is 22.3 Å². The highest BCUT2D eigenvalue weighted by Gasteiger charge is 2.33. The third-order valence-corrected chi connectivity index (χ3v) is 3.73. The van der Waals surface area contributed by atoms with Crippen molar-refractivity contribution in [3.63, 3.8) is 0 Å². The molecular weight excluding hydrogens is 334 g/mol. The molecule has 0 radical (unpaired) electrons. The molecule has 0 N–H and O–H groups in total. The van der Waals surface area contributed by atoms with Crippen LogP contribution >= 0.6 is 0 Å². The number of nitrogens with zero attached hydrogens (tertiary/aromatic N) is 1. The smallest absolute Gasteiger partial charge is 0.418 e. The molecule has 0 atom stereocenters. The Morgan fingerprint density at radius 1 is 0.960 bits per heavy atom. The first kappa shape index (κ1) is 17.0. The molecule has 3 aromatic rings. The SMILES string of the molecule is COc1ccc2c(C=Cc3ccc(F)cc3)ncc(C(F)(F)F)c2c1. The van der Waals surface area contributed by atoms with E-state index < -0.39 is 11.7 Å². The molecule has 3 rings (SSSR count). The topological polar surface area (TPSA) is 22.1 Å². The van der Waals surface area contributed by atoms with Crippen molar-refractivity contribution in [2.75, 3.05) is 7.11 Å². The third kappa shape index (κ3) is 3.63. The number of hydrogen-bond donors (Lipinski definition) is 0. The van der Waals surface area contributed by atoms with E-state index in [-0.39, 0.29) is 11.2 Å². The fraction of sp³-hybridized carbons (Fsp3) is 0.105. The largest absolute Gasteiger partial charge is 0.497 e. The summed E-state index contributed by atoms with van der Waals surface area (Å²) in [7, 11) is 1.39. The van der Waals surface area contributed by atoms with Gasteiger partial charge in [-0.3, -0.25) is 4.98 Å². The lowest BCUT2D eigenvalue weighted by Gasteiger charge is -2.12. The van der Waals surface area contributed by atoms with Crippen molar-refractivity contribution >= 4 is 22.9 Å². The van der Waals surface area contributed by atoms with Gasteiger partial charge in [0.05, 0.1) is 18.4 Å². The van der Waals surface area contributed by atoms with Gasteiger partial charge in [0, 0.05) is 17.0 Å². The number of alkyl halides is 3. The lowest BCUT2D eigenvalue weighted by Crippen LogP contribution is -2.07. The Bertz CT molecular complexity index is 931. The minimum Gasteiger partial charge on any atom is -0.497 e. The van der Waals surface area contributed by atoms with E-state index in [4.69, 9.17) is 4.74 Å². The molecule has 0 aliphatic carbocycles. The lowest BCUT2D eigenvalue weighted by molar-refractivity contribution is -0.136. The molecule has 1 heterocycles. The monoisotopic (exact) mass is 347 g/mol. The minimum atomic E-state index is -4.52. The number of methoxy groups -OCH3 is 1. The number of fused-ring (bicyclic) bond motifs is 1. The number of pyridine rings is 1. The van der Waals surface area contributed by atoms with Gasteiger partial charge in [0.15, 0.2) is 0 Å². The van der Waals surface area contributed by atoms with Gasteiger partial charge in [0.25, 0.3) is 0 Å². The van der Waals surface area contributed by atoms with Gasteiger partial charge in [-0.25, -0.2) is 4.39 Å². The van der Waals surface area contributed by atoms with Gasteiger partial charge in [0.1, 0.15) is 11.6 Å². The molecular formula is C19H13F4NO. The lowest BCUT2D eigenvalue weighted by atomic mass is 10.0. The average Bonchev–Trinajstić information content (AvgIpc) is 2.59. The summed E-state index contributed by atoms with van der Waals surface area (Å²) in [6.45, 7) is 0. The summed E-state index contributed by atoms with van der Waals surface area (Å²) in [6.07, 6.45) is -0.441. The van der Waals surface area contributed by atoms with Gasteiger partial charge in [0.2, 0.25) is 0 Å². The highest BCUT2D eigenvalue weighted by Crippen LogP contribution is 2.36. The van der Waals surface area contributed by atoms with Crippen molar-refractivity contribution in [1.82, 2.24) is 4.98 Å². The molecule has 0 aliphatic rings. The Kier molecular flexibility index (Phi) is 4.44. The van der Waals surface area contributed by atoms with Crippen molar-refractivity contribution in [2.24, 2.45) is 0 Å². The molecule has 0 saturated heterocycles. The zero-order valence-electron chi connectivity index (χ0n) is 13.1. The van der Waals surface area contributed by atoms with Crippen LogP contribution in [-0.2, 0) is 6.18 Å². The molecule has 6 heteroatoms. The van der Waals surface area contributed by atoms with Gasteiger partial charge >= 0.3 is 6.18 Å². The Hall–Kier alpha value is -2.89. The predicted molar refractivity (Wildman–Crippen MR) is 88.6 cm³/mol. The van der Waals surface area contributed by atoms with Crippen molar-refractivity contribution in [1.29, 1.82) is 0 Å². The fourth-order valence-corrected chi connectivity index (χ4v) is 2.48. The average molecular weight is 347 g/mol. The molecule has 0 amide bonds. The minimum absolute atomic E-state index is 0.0145. The van der Waals surface area contributed by atoms with E-state index in [1.165, 1.54) is 25.3 Å². The summed E-state index contributed by atoms with van der Waals surface area (Å²) < 4.78 is 57.7. The number of hydrogen-bond acceptors (Lipinski definition) is 2. The standard InChI is InChI=1S/C19H13F4NO/c1-25-14-7-8-15-16(10-14)17(19(21,22)23)11-24-18(15)9-4-12-2-5-13(20)6-3-12/h2-11H,1H3. The Morgan fingerprint density at radius 3 is 2.32 bits per heavy atom. The maximum Gasteiger partial charge on any atom is 0.418 e. The van der Waals surface area contributed by atoms with Crippen LogP contribution in [0.4, 0.5) is 17.6 Å². The number of halogens is 4. The second kappa shape index (κ2) is 6.55. The van der Waals surface area contributed by atoms with Crippen LogP contribution in [0.25, 0.3) is 22.9 Å². The van der Waals surface area contributed by atoms with Crippen molar-refractivity contribution in [2.45, 2.75) is 6.18 Å². The molecule has 2 aromatic carbocycles. The zero-order valence-corrected chi connectivity index (χ0v) is 13.1. The van der Waals surface area contributed by atoms with Crippen LogP contribution < -0.4 is 4.74 Å². The highest BCUT2D eigenvalue weighted by molar-refractivity contribution is 5.94. The third-order valence-electron chi connectivity index (χ3n) is 3.73. The van der Waals surface area contributed by atoms with Crippen LogP contribution in [0.3, 0.4) is 0 Å². The fourth-order valence-electron chi connectivity index (χ4n) is 2.48. The van der Waals surface area contributed by atoms with Crippen LogP contribution in [0.2, 0.25) is 0 Å². The molecule has 0 spiro atoms. The first-order valence-corrected chi connectivity index (χ1v) is 7.36. The van der Waals surface area contributed by atoms with Crippen LogP contribution in [0.15, 0.2) is 48.7 Å². The first-order valence-electron chi connectivity index (χ1n) is 7.36. The number of ether oxygens (including phenoxy) is 1. The second-order valence-electron chi connectivity index (χ2n) is 5.35. The van der Waals surface area contributed by atoms with Crippen LogP contribution in [0.1, 0.15) is 16.8 Å². The van der Waals surface area contributed by atoms with Gasteiger partial charge < -0.3 is 4.74 Å². The second-order valence-corrected chi connectivity index (χ2v) is 5.35. The quantitative estimate of drug-likeness (QED) is 0.578. The highest BCUT2D eigenvalue weighted by atomic mass is 19.4. The van der Waals surface area contributed by atoms with Gasteiger partial charge in [-0.1, -0.05) is 18.2 Å². The van der Waals surface area contributed by atoms with Gasteiger partial charge in [-0.15, -0.1) is 0 Å². The predicted octanol–water partition coefficient (Wildman–Crippen LogP) is 5.57. The molecule has 25 heavy (non-hydrogen) atoms. The molecule has 1 aromatic heterocycles. The Labute approximate surface area is 141 Å². The van der Waals surface area contributed by atoms with Crippen molar-refractivity contribution in [3.8, 4) is 5.75 Å². The molecule has 0 unspecified atom stereocenters. The normalized spacial score (nSPS) is 12.0. The Balaban J connectivity index is 2.11. The van der Waals surface area contributed by atoms with Crippen LogP contribution in [0, 0.1) is 5.82 Å². The zero-order chi connectivity index (χ0) is 18.0. The van der Waals surface area contributed by atoms with E-state index in [2.05, 4.69) is 4.98 Å². The Morgan fingerprint density at radius 2 is 1.68 bits per heavy atom. The number of rotatable bonds is 3. The molecule has 0 saturated carbocycles. The summed E-state index contributed by atoms with van der Waals surface area (Å²) in [4.78, 5) is 3.94. The summed E-state index contributed by atoms with van der Waals surface area (Å²) in [5.74, 6) is -0.0278.